The first-order valence-electron chi connectivity index (χ1n) is 11.0. The molecule has 3 aromatic carbocycles. The van der Waals surface area contributed by atoms with Crippen LogP contribution in [0.15, 0.2) is 36.4 Å². The molecule has 0 spiro atoms. The van der Waals surface area contributed by atoms with Crippen molar-refractivity contribution < 1.29 is 34.5 Å². The zero-order valence-corrected chi connectivity index (χ0v) is 20.2. The van der Waals surface area contributed by atoms with E-state index >= 15 is 0 Å². The lowest BCUT2D eigenvalue weighted by Gasteiger charge is -2.23. The average molecular weight is 462 g/mol. The molecule has 0 aliphatic carbocycles. The zero-order chi connectivity index (χ0) is 25.3. The monoisotopic (exact) mass is 462 g/mol. The minimum Gasteiger partial charge on any atom is -0.508 e. The molecule has 34 heavy (non-hydrogen) atoms. The van der Waals surface area contributed by atoms with E-state index in [4.69, 9.17) is 9.14 Å². The van der Waals surface area contributed by atoms with E-state index in [1.807, 2.05) is 20.8 Å². The Labute approximate surface area is 201 Å². The predicted molar refractivity (Wildman–Crippen MR) is 136 cm³/mol. The Morgan fingerprint density at radius 1 is 0.500 bits per heavy atom. The average Bonchev–Trinajstić information content (AvgIpc) is 2.79. The quantitative estimate of drug-likeness (QED) is 0.335. The molecule has 0 aliphatic rings. The minimum absolute atomic E-state index is 0.113. The summed E-state index contributed by atoms with van der Waals surface area (Å²) in [6.07, 6.45) is 0. The molecule has 3 aromatic rings. The smallest absolute Gasteiger partial charge is 0.481 e. The van der Waals surface area contributed by atoms with Gasteiger partial charge in [-0.3, -0.25) is 0 Å². The number of phenolic OH excluding ortho intramolecular Hbond substituents is 3. The van der Waals surface area contributed by atoms with Crippen LogP contribution in [0.3, 0.4) is 0 Å². The lowest BCUT2D eigenvalue weighted by atomic mass is 9.66. The summed E-state index contributed by atoms with van der Waals surface area (Å²) < 4.78 is 11.5. The van der Waals surface area contributed by atoms with Crippen molar-refractivity contribution in [1.29, 1.82) is 0 Å². The maximum Gasteiger partial charge on any atom is 0.481 e. The summed E-state index contributed by atoms with van der Waals surface area (Å²) in [7, 11) is -4.71. The van der Waals surface area contributed by atoms with Crippen LogP contribution in [0.1, 0.15) is 33.4 Å². The highest BCUT2D eigenvalue weighted by Gasteiger charge is 2.37. The van der Waals surface area contributed by atoms with Crippen molar-refractivity contribution in [3.8, 4) is 17.2 Å². The second kappa shape index (κ2) is 10.2. The van der Waals surface area contributed by atoms with Gasteiger partial charge in [-0.2, -0.15) is 0 Å². The summed E-state index contributed by atoms with van der Waals surface area (Å²) in [6, 6.07) is 9.87. The first-order chi connectivity index (χ1) is 15.9. The molecule has 5 N–H and O–H groups in total. The molecule has 0 saturated heterocycles. The van der Waals surface area contributed by atoms with Crippen LogP contribution in [0, 0.1) is 41.5 Å². The lowest BCUT2D eigenvalue weighted by molar-refractivity contribution is 0.352. The van der Waals surface area contributed by atoms with Gasteiger partial charge in [0.1, 0.15) is 17.2 Å². The standard InChI is InChI=1S/C24H29B3O7/c1-13-7-10-19(22(28)16(13)4)25(31)33-27(21-12-9-15(3)18(6)24(21)30)34-26(32)20-11-8-14(2)17(5)23(20)29/h7-12,28-32H,1-6H3. The van der Waals surface area contributed by atoms with Crippen LogP contribution in [-0.4, -0.2) is 46.7 Å². The number of hydrogen-bond donors (Lipinski definition) is 5. The van der Waals surface area contributed by atoms with Gasteiger partial charge < -0.3 is 34.5 Å². The number of aryl methyl sites for hydroxylation is 3. The molecule has 0 radical (unpaired) electrons. The molecule has 0 aromatic heterocycles. The highest BCUT2D eigenvalue weighted by atomic mass is 16.6. The van der Waals surface area contributed by atoms with Gasteiger partial charge in [0, 0.05) is 16.4 Å². The molecule has 0 unspecified atom stereocenters. The second-order valence-corrected chi connectivity index (χ2v) is 8.64. The summed E-state index contributed by atoms with van der Waals surface area (Å²) in [5.41, 5.74) is 4.68. The molecular formula is C24H29B3O7. The Hall–Kier alpha value is -2.91. The molecule has 0 heterocycles. The molecule has 0 fully saturated rings. The number of benzene rings is 3. The molecule has 0 aliphatic heterocycles. The van der Waals surface area contributed by atoms with Crippen molar-refractivity contribution in [3.05, 3.63) is 69.8 Å². The van der Waals surface area contributed by atoms with E-state index < -0.39 is 21.4 Å². The van der Waals surface area contributed by atoms with Gasteiger partial charge in [-0.25, -0.2) is 0 Å². The molecular weight excluding hydrogens is 433 g/mol. The lowest BCUT2D eigenvalue weighted by Crippen LogP contribution is -2.51. The summed E-state index contributed by atoms with van der Waals surface area (Å²) in [6.45, 7) is 10.7. The Kier molecular flexibility index (Phi) is 7.68. The van der Waals surface area contributed by atoms with Gasteiger partial charge in [-0.05, 0) is 74.9 Å². The van der Waals surface area contributed by atoms with Crippen molar-refractivity contribution in [2.24, 2.45) is 0 Å². The molecule has 0 saturated carbocycles. The third-order valence-electron chi connectivity index (χ3n) is 6.49. The van der Waals surface area contributed by atoms with Crippen molar-refractivity contribution in [2.75, 3.05) is 0 Å². The van der Waals surface area contributed by atoms with E-state index in [9.17, 15) is 25.4 Å². The number of rotatable bonds is 7. The van der Waals surface area contributed by atoms with E-state index in [0.29, 0.717) is 16.7 Å². The second-order valence-electron chi connectivity index (χ2n) is 8.64. The predicted octanol–water partition coefficient (Wildman–Crippen LogP) is 1.16. The third kappa shape index (κ3) is 4.95. The number of aromatic hydroxyl groups is 3. The van der Waals surface area contributed by atoms with E-state index in [-0.39, 0.29) is 33.6 Å². The Morgan fingerprint density at radius 3 is 1.15 bits per heavy atom. The van der Waals surface area contributed by atoms with Crippen molar-refractivity contribution in [3.63, 3.8) is 0 Å². The van der Waals surface area contributed by atoms with E-state index in [1.54, 1.807) is 45.0 Å². The maximum absolute atomic E-state index is 10.8. The summed E-state index contributed by atoms with van der Waals surface area (Å²) in [4.78, 5) is 0. The van der Waals surface area contributed by atoms with E-state index in [0.717, 1.165) is 16.7 Å². The van der Waals surface area contributed by atoms with Gasteiger partial charge in [0.2, 0.25) is 0 Å². The van der Waals surface area contributed by atoms with Crippen molar-refractivity contribution in [1.82, 2.24) is 0 Å². The van der Waals surface area contributed by atoms with Crippen molar-refractivity contribution in [2.45, 2.75) is 41.5 Å². The Morgan fingerprint density at radius 2 is 0.794 bits per heavy atom. The van der Waals surface area contributed by atoms with Crippen LogP contribution in [-0.2, 0) is 9.14 Å². The maximum atomic E-state index is 10.8. The zero-order valence-electron chi connectivity index (χ0n) is 20.2. The highest BCUT2D eigenvalue weighted by molar-refractivity contribution is 6.80. The van der Waals surface area contributed by atoms with E-state index in [1.165, 1.54) is 12.1 Å². The molecule has 176 valence electrons. The fourth-order valence-corrected chi connectivity index (χ4v) is 3.61. The molecule has 0 bridgehead atoms. The largest absolute Gasteiger partial charge is 0.508 e. The summed E-state index contributed by atoms with van der Waals surface area (Å²) >= 11 is 0. The molecule has 3 rings (SSSR count). The van der Waals surface area contributed by atoms with Gasteiger partial charge in [-0.15, -0.1) is 0 Å². The van der Waals surface area contributed by atoms with Crippen LogP contribution < -0.4 is 16.4 Å². The first kappa shape index (κ1) is 25.7. The van der Waals surface area contributed by atoms with Crippen LogP contribution >= 0.6 is 0 Å². The van der Waals surface area contributed by atoms with Gasteiger partial charge in [0.15, 0.2) is 0 Å². The minimum atomic E-state index is -1.63. The van der Waals surface area contributed by atoms with Crippen LogP contribution in [0.4, 0.5) is 0 Å². The fraction of sp³-hybridized carbons (Fsp3) is 0.250. The normalized spacial score (nSPS) is 10.9. The highest BCUT2D eigenvalue weighted by Crippen LogP contribution is 2.22. The number of hydrogen-bond acceptors (Lipinski definition) is 7. The molecule has 10 heteroatoms. The topological polar surface area (TPSA) is 120 Å². The van der Waals surface area contributed by atoms with Gasteiger partial charge in [0.25, 0.3) is 0 Å². The SMILES string of the molecule is Cc1ccc(B(O)OB(OB(O)c2ccc(C)c(C)c2O)c2ccc(C)c(C)c2O)c(O)c1C. The summed E-state index contributed by atoms with van der Waals surface area (Å²) in [5, 5.41) is 53.4. The van der Waals surface area contributed by atoms with Crippen LogP contribution in [0.25, 0.3) is 0 Å². The van der Waals surface area contributed by atoms with Gasteiger partial charge in [-0.1, -0.05) is 36.4 Å². The molecule has 0 amide bonds. The van der Waals surface area contributed by atoms with Gasteiger partial charge >= 0.3 is 21.4 Å². The van der Waals surface area contributed by atoms with Gasteiger partial charge in [0.05, 0.1) is 0 Å². The third-order valence-corrected chi connectivity index (χ3v) is 6.49. The Bertz CT molecular complexity index is 1150. The molecule has 0 atom stereocenters. The number of phenols is 3. The van der Waals surface area contributed by atoms with Crippen molar-refractivity contribution >= 4 is 37.7 Å². The van der Waals surface area contributed by atoms with Crippen LogP contribution in [0.5, 0.6) is 17.2 Å². The summed E-state index contributed by atoms with van der Waals surface area (Å²) in [5.74, 6) is -0.358. The van der Waals surface area contributed by atoms with Crippen LogP contribution in [0.2, 0.25) is 0 Å². The first-order valence-corrected chi connectivity index (χ1v) is 11.0. The van der Waals surface area contributed by atoms with E-state index in [2.05, 4.69) is 0 Å². The fourth-order valence-electron chi connectivity index (χ4n) is 3.61. The molecule has 7 nitrogen and oxygen atoms in total. The Balaban J connectivity index is 2.01.